The van der Waals surface area contributed by atoms with Crippen molar-refractivity contribution in [3.63, 3.8) is 0 Å². The van der Waals surface area contributed by atoms with E-state index in [1.165, 1.54) is 6.08 Å². The zero-order chi connectivity index (χ0) is 22.5. The molecule has 2 amide bonds. The largest absolute Gasteiger partial charge is 0.493 e. The molecule has 0 unspecified atom stereocenters. The zero-order valence-electron chi connectivity index (χ0n) is 17.2. The number of aromatic amines is 1. The first-order valence-electron chi connectivity index (χ1n) is 9.92. The van der Waals surface area contributed by atoms with Crippen LogP contribution in [0.5, 0.6) is 5.88 Å². The number of nitrogens with zero attached hydrogens (tertiary/aromatic N) is 2. The third kappa shape index (κ3) is 4.62. The molecule has 4 rings (SSSR count). The van der Waals surface area contributed by atoms with Crippen LogP contribution in [0, 0.1) is 6.92 Å². The molecule has 4 aromatic rings. The summed E-state index contributed by atoms with van der Waals surface area (Å²) in [6, 6.07) is 23.2. The topological polar surface area (TPSA) is 107 Å². The molecule has 0 atom stereocenters. The van der Waals surface area contributed by atoms with Gasteiger partial charge in [0.05, 0.1) is 5.52 Å². The lowest BCUT2D eigenvalue weighted by atomic mass is 10.1. The summed E-state index contributed by atoms with van der Waals surface area (Å²) >= 11 is 0. The number of H-pyrrole nitrogens is 1. The van der Waals surface area contributed by atoms with Gasteiger partial charge in [-0.25, -0.2) is 0 Å². The Balaban J connectivity index is 1.66. The van der Waals surface area contributed by atoms with Crippen molar-refractivity contribution in [3.05, 3.63) is 101 Å². The lowest BCUT2D eigenvalue weighted by molar-refractivity contribution is -0.115. The first-order valence-corrected chi connectivity index (χ1v) is 9.92. The maximum absolute atomic E-state index is 12.9. The molecule has 0 saturated carbocycles. The van der Waals surface area contributed by atoms with Crippen molar-refractivity contribution in [3.8, 4) is 5.88 Å². The molecule has 1 heterocycles. The van der Waals surface area contributed by atoms with Gasteiger partial charge >= 0.3 is 5.91 Å². The van der Waals surface area contributed by atoms with Crippen molar-refractivity contribution in [2.45, 2.75) is 6.92 Å². The molecule has 0 radical (unpaired) electrons. The zero-order valence-corrected chi connectivity index (χ0v) is 17.2. The standard InChI is InChI=1S/C25H20N4O3/c1-16-12-13-20-19(14-16)22(25(32)26-20)28-29-24(31)21(15-17-8-4-2-5-9-17)27-23(30)18-10-6-3-7-11-18/h2-15,26,32H,1H3,(H,27,30)/b21-15+,29-28?. The monoisotopic (exact) mass is 424 g/mol. The second-order valence-electron chi connectivity index (χ2n) is 7.17. The smallest absolute Gasteiger partial charge is 0.311 e. The predicted molar refractivity (Wildman–Crippen MR) is 123 cm³/mol. The molecule has 0 aliphatic carbocycles. The van der Waals surface area contributed by atoms with Crippen LogP contribution in [-0.2, 0) is 4.79 Å². The summed E-state index contributed by atoms with van der Waals surface area (Å²) in [5, 5.41) is 21.2. The van der Waals surface area contributed by atoms with Crippen LogP contribution >= 0.6 is 0 Å². The van der Waals surface area contributed by atoms with Crippen LogP contribution in [0.25, 0.3) is 17.0 Å². The van der Waals surface area contributed by atoms with Crippen molar-refractivity contribution in [1.29, 1.82) is 0 Å². The van der Waals surface area contributed by atoms with E-state index in [-0.39, 0.29) is 17.3 Å². The highest BCUT2D eigenvalue weighted by Gasteiger charge is 2.16. The number of aryl methyl sites for hydroxylation is 1. The number of aromatic hydroxyl groups is 1. The molecule has 7 heteroatoms. The highest BCUT2D eigenvalue weighted by atomic mass is 16.3. The van der Waals surface area contributed by atoms with Gasteiger partial charge < -0.3 is 15.4 Å². The van der Waals surface area contributed by atoms with E-state index < -0.39 is 11.8 Å². The van der Waals surface area contributed by atoms with E-state index in [2.05, 4.69) is 20.5 Å². The minimum atomic E-state index is -0.750. The lowest BCUT2D eigenvalue weighted by Gasteiger charge is -2.07. The SMILES string of the molecule is Cc1ccc2[nH]c(O)c(N=NC(=O)/C(=C\c3ccccc3)NC(=O)c3ccccc3)c2c1. The summed E-state index contributed by atoms with van der Waals surface area (Å²) in [6.07, 6.45) is 1.53. The molecular formula is C25H20N4O3. The quantitative estimate of drug-likeness (QED) is 0.300. The van der Waals surface area contributed by atoms with E-state index in [4.69, 9.17) is 0 Å². The third-order valence-electron chi connectivity index (χ3n) is 4.77. The maximum atomic E-state index is 12.9. The number of rotatable bonds is 5. The minimum absolute atomic E-state index is 0.0377. The molecule has 3 N–H and O–H groups in total. The highest BCUT2D eigenvalue weighted by Crippen LogP contribution is 2.36. The van der Waals surface area contributed by atoms with Crippen LogP contribution in [-0.4, -0.2) is 21.9 Å². The summed E-state index contributed by atoms with van der Waals surface area (Å²) in [6.45, 7) is 1.91. The van der Waals surface area contributed by atoms with Crippen LogP contribution in [0.1, 0.15) is 21.5 Å². The number of fused-ring (bicyclic) bond motifs is 1. The van der Waals surface area contributed by atoms with Crippen molar-refractivity contribution in [2.75, 3.05) is 0 Å². The van der Waals surface area contributed by atoms with Gasteiger partial charge in [0, 0.05) is 10.9 Å². The Morgan fingerprint density at radius 2 is 1.66 bits per heavy atom. The molecule has 0 aliphatic rings. The van der Waals surface area contributed by atoms with Crippen LogP contribution in [0.2, 0.25) is 0 Å². The number of amides is 2. The van der Waals surface area contributed by atoms with Crippen LogP contribution in [0.3, 0.4) is 0 Å². The molecule has 32 heavy (non-hydrogen) atoms. The van der Waals surface area contributed by atoms with Gasteiger partial charge in [-0.1, -0.05) is 60.2 Å². The van der Waals surface area contributed by atoms with Gasteiger partial charge in [-0.3, -0.25) is 9.59 Å². The average Bonchev–Trinajstić information content (AvgIpc) is 3.12. The molecule has 1 aromatic heterocycles. The Labute approximate surface area is 184 Å². The van der Waals surface area contributed by atoms with E-state index in [1.807, 2.05) is 43.3 Å². The van der Waals surface area contributed by atoms with E-state index in [9.17, 15) is 14.7 Å². The summed E-state index contributed by atoms with van der Waals surface area (Å²) in [5.41, 5.74) is 2.88. The van der Waals surface area contributed by atoms with Crippen molar-refractivity contribution in [2.24, 2.45) is 10.2 Å². The Bertz CT molecular complexity index is 1340. The number of nitrogens with one attached hydrogen (secondary N) is 2. The Morgan fingerprint density at radius 3 is 2.38 bits per heavy atom. The average molecular weight is 424 g/mol. The van der Waals surface area contributed by atoms with Crippen molar-refractivity contribution >= 4 is 34.5 Å². The number of carbonyl (C=O) groups is 2. The number of hydrogen-bond acceptors (Lipinski definition) is 4. The normalized spacial score (nSPS) is 11.7. The third-order valence-corrected chi connectivity index (χ3v) is 4.77. The van der Waals surface area contributed by atoms with Gasteiger partial charge in [0.25, 0.3) is 5.91 Å². The number of aromatic nitrogens is 1. The molecule has 0 aliphatic heterocycles. The molecule has 0 saturated heterocycles. The van der Waals surface area contributed by atoms with E-state index in [0.717, 1.165) is 5.56 Å². The van der Waals surface area contributed by atoms with Crippen LogP contribution < -0.4 is 5.32 Å². The lowest BCUT2D eigenvalue weighted by Crippen LogP contribution is -2.26. The first-order chi connectivity index (χ1) is 15.5. The Morgan fingerprint density at radius 1 is 0.969 bits per heavy atom. The van der Waals surface area contributed by atoms with Gasteiger partial charge in [-0.15, -0.1) is 10.2 Å². The maximum Gasteiger partial charge on any atom is 0.311 e. The Kier molecular flexibility index (Phi) is 5.89. The van der Waals surface area contributed by atoms with Gasteiger partial charge in [0.2, 0.25) is 5.88 Å². The van der Waals surface area contributed by atoms with Crippen LogP contribution in [0.15, 0.2) is 94.8 Å². The molecular weight excluding hydrogens is 404 g/mol. The van der Waals surface area contributed by atoms with Crippen LogP contribution in [0.4, 0.5) is 5.69 Å². The summed E-state index contributed by atoms with van der Waals surface area (Å²) in [7, 11) is 0. The predicted octanol–water partition coefficient (Wildman–Crippen LogP) is 5.26. The second-order valence-corrected chi connectivity index (χ2v) is 7.17. The molecule has 0 bridgehead atoms. The van der Waals surface area contributed by atoms with E-state index >= 15 is 0 Å². The summed E-state index contributed by atoms with van der Waals surface area (Å²) in [5.74, 6) is -1.38. The fourth-order valence-electron chi connectivity index (χ4n) is 3.18. The minimum Gasteiger partial charge on any atom is -0.493 e. The van der Waals surface area contributed by atoms with Crippen molar-refractivity contribution < 1.29 is 14.7 Å². The summed E-state index contributed by atoms with van der Waals surface area (Å²) < 4.78 is 0. The molecule has 158 valence electrons. The Hall–Kier alpha value is -4.52. The molecule has 7 nitrogen and oxygen atoms in total. The number of hydrogen-bond donors (Lipinski definition) is 3. The first kappa shape index (κ1) is 20.7. The fourth-order valence-corrected chi connectivity index (χ4v) is 3.18. The van der Waals surface area contributed by atoms with E-state index in [0.29, 0.717) is 22.0 Å². The van der Waals surface area contributed by atoms with Crippen molar-refractivity contribution in [1.82, 2.24) is 10.3 Å². The number of azo groups is 1. The molecule has 0 spiro atoms. The van der Waals surface area contributed by atoms with E-state index in [1.54, 1.807) is 42.5 Å². The molecule has 0 fully saturated rings. The number of benzene rings is 3. The molecule has 3 aromatic carbocycles. The van der Waals surface area contributed by atoms with Gasteiger partial charge in [-0.05, 0) is 42.8 Å². The second kappa shape index (κ2) is 9.09. The highest BCUT2D eigenvalue weighted by molar-refractivity contribution is 6.05. The summed E-state index contributed by atoms with van der Waals surface area (Å²) in [4.78, 5) is 28.3. The number of carbonyl (C=O) groups excluding carboxylic acids is 2. The fraction of sp³-hybridized carbons (Fsp3) is 0.0400. The van der Waals surface area contributed by atoms with Gasteiger partial charge in [-0.2, -0.15) is 0 Å². The van der Waals surface area contributed by atoms with Gasteiger partial charge in [0.15, 0.2) is 5.69 Å². The van der Waals surface area contributed by atoms with Gasteiger partial charge in [0.1, 0.15) is 5.70 Å².